The van der Waals surface area contributed by atoms with Crippen LogP contribution in [0.15, 0.2) is 223 Å². The number of benzene rings is 8. The standard InChI is InChI=1S/C58H40N2O/c1-5-15-39(16-6-1)40-25-28-45(29-26-40)60(46-30-31-49-56(35-46)61-55-32-27-42-38-59-34-33-47(42)57(49)55)54-37-51-48-23-13-14-24-52(48)58(43-19-9-3-10-20-43,44-21-11-4-12-22-44)53(51)36-50(54)41-17-7-2-8-18-41/h2-5,7-38H,1,6H2. The Labute approximate surface area is 355 Å². The summed E-state index contributed by atoms with van der Waals surface area (Å²) in [5.41, 5.74) is 16.7. The first-order valence-corrected chi connectivity index (χ1v) is 21.2. The molecule has 0 radical (unpaired) electrons. The van der Waals surface area contributed by atoms with Gasteiger partial charge in [0.25, 0.3) is 0 Å². The topological polar surface area (TPSA) is 29.3 Å². The van der Waals surface area contributed by atoms with Crippen molar-refractivity contribution >= 4 is 55.3 Å². The van der Waals surface area contributed by atoms with Crippen LogP contribution >= 0.6 is 0 Å². The number of pyridine rings is 1. The number of anilines is 3. The summed E-state index contributed by atoms with van der Waals surface area (Å²) in [7, 11) is 0. The number of hydrogen-bond donors (Lipinski definition) is 0. The van der Waals surface area contributed by atoms with E-state index in [2.05, 4.69) is 216 Å². The first-order valence-electron chi connectivity index (χ1n) is 21.2. The van der Waals surface area contributed by atoms with Crippen molar-refractivity contribution in [1.82, 2.24) is 4.98 Å². The lowest BCUT2D eigenvalue weighted by atomic mass is 9.67. The van der Waals surface area contributed by atoms with Crippen LogP contribution in [0.4, 0.5) is 17.1 Å². The lowest BCUT2D eigenvalue weighted by molar-refractivity contribution is 0.669. The summed E-state index contributed by atoms with van der Waals surface area (Å²) >= 11 is 0. The molecule has 2 aromatic heterocycles. The Balaban J connectivity index is 1.15. The highest BCUT2D eigenvalue weighted by Crippen LogP contribution is 2.59. The zero-order valence-electron chi connectivity index (χ0n) is 33.5. The normalized spacial score (nSPS) is 13.9. The molecule has 0 amide bonds. The molecule has 0 atom stereocenters. The average molecular weight is 781 g/mol. The van der Waals surface area contributed by atoms with Crippen LogP contribution in [0.3, 0.4) is 0 Å². The van der Waals surface area contributed by atoms with Crippen LogP contribution in [0.5, 0.6) is 0 Å². The fourth-order valence-corrected chi connectivity index (χ4v) is 10.1. The van der Waals surface area contributed by atoms with Crippen molar-refractivity contribution in [1.29, 1.82) is 0 Å². The maximum absolute atomic E-state index is 6.72. The quantitative estimate of drug-likeness (QED) is 0.161. The molecule has 12 rings (SSSR count). The molecule has 288 valence electrons. The Bertz CT molecular complexity index is 3300. The zero-order chi connectivity index (χ0) is 40.3. The van der Waals surface area contributed by atoms with Gasteiger partial charge in [0.15, 0.2) is 0 Å². The van der Waals surface area contributed by atoms with Gasteiger partial charge in [-0.25, -0.2) is 0 Å². The molecule has 61 heavy (non-hydrogen) atoms. The molecule has 0 fully saturated rings. The van der Waals surface area contributed by atoms with Gasteiger partial charge in [-0.15, -0.1) is 0 Å². The highest BCUT2D eigenvalue weighted by Gasteiger charge is 2.46. The molecule has 0 bridgehead atoms. The minimum Gasteiger partial charge on any atom is -0.456 e. The van der Waals surface area contributed by atoms with Gasteiger partial charge in [0.05, 0.1) is 11.1 Å². The molecule has 10 aromatic rings. The average Bonchev–Trinajstić information content (AvgIpc) is 3.86. The molecule has 0 saturated carbocycles. The fraction of sp³-hybridized carbons (Fsp3) is 0.0517. The summed E-state index contributed by atoms with van der Waals surface area (Å²) in [5.74, 6) is 0. The van der Waals surface area contributed by atoms with Gasteiger partial charge in [0.2, 0.25) is 0 Å². The number of fused-ring (bicyclic) bond motifs is 8. The van der Waals surface area contributed by atoms with Crippen LogP contribution in [0.1, 0.15) is 40.7 Å². The summed E-state index contributed by atoms with van der Waals surface area (Å²) in [5, 5.41) is 4.44. The van der Waals surface area contributed by atoms with Gasteiger partial charge < -0.3 is 9.32 Å². The van der Waals surface area contributed by atoms with E-state index in [1.54, 1.807) is 0 Å². The largest absolute Gasteiger partial charge is 0.456 e. The van der Waals surface area contributed by atoms with E-state index in [9.17, 15) is 0 Å². The van der Waals surface area contributed by atoms with Crippen molar-refractivity contribution < 1.29 is 4.42 Å². The molecular weight excluding hydrogens is 741 g/mol. The molecule has 0 aliphatic heterocycles. The molecule has 0 saturated heterocycles. The predicted octanol–water partition coefficient (Wildman–Crippen LogP) is 15.4. The van der Waals surface area contributed by atoms with Crippen LogP contribution in [-0.4, -0.2) is 4.98 Å². The summed E-state index contributed by atoms with van der Waals surface area (Å²) in [4.78, 5) is 6.83. The minimum absolute atomic E-state index is 0.532. The van der Waals surface area contributed by atoms with E-state index in [0.717, 1.165) is 73.7 Å². The second-order valence-corrected chi connectivity index (χ2v) is 16.1. The fourth-order valence-electron chi connectivity index (χ4n) is 10.1. The van der Waals surface area contributed by atoms with Crippen LogP contribution in [0, 0.1) is 0 Å². The van der Waals surface area contributed by atoms with Gasteiger partial charge in [-0.1, -0.05) is 146 Å². The van der Waals surface area contributed by atoms with Crippen molar-refractivity contribution in [2.75, 3.05) is 4.90 Å². The Morgan fingerprint density at radius 1 is 0.508 bits per heavy atom. The molecule has 2 heterocycles. The first kappa shape index (κ1) is 35.2. The lowest BCUT2D eigenvalue weighted by Crippen LogP contribution is -2.28. The van der Waals surface area contributed by atoms with E-state index in [0.29, 0.717) is 0 Å². The first-order chi connectivity index (χ1) is 30.3. The van der Waals surface area contributed by atoms with Gasteiger partial charge in [-0.2, -0.15) is 0 Å². The highest BCUT2D eigenvalue weighted by molar-refractivity contribution is 6.19. The van der Waals surface area contributed by atoms with Crippen LogP contribution in [0.25, 0.3) is 60.5 Å². The molecule has 2 aliphatic rings. The van der Waals surface area contributed by atoms with Crippen LogP contribution in [0.2, 0.25) is 0 Å². The number of rotatable bonds is 7. The lowest BCUT2D eigenvalue weighted by Gasteiger charge is -2.35. The number of furan rings is 1. The van der Waals surface area contributed by atoms with Gasteiger partial charge in [-0.3, -0.25) is 4.98 Å². The molecule has 2 aliphatic carbocycles. The summed E-state index contributed by atoms with van der Waals surface area (Å²) in [6, 6.07) is 69.0. The minimum atomic E-state index is -0.532. The number of aromatic nitrogens is 1. The SMILES string of the molecule is C1=CC(c2ccc(N(c3ccc4c(c3)oc3ccc5cnccc5c34)c3cc4c(cc3-c3ccccc3)C(c3ccccc3)(c3ccccc3)c3ccccc3-4)cc2)=CCC1. The maximum atomic E-state index is 6.72. The van der Waals surface area contributed by atoms with E-state index in [1.165, 1.54) is 44.5 Å². The zero-order valence-corrected chi connectivity index (χ0v) is 33.5. The van der Waals surface area contributed by atoms with Gasteiger partial charge >= 0.3 is 0 Å². The molecule has 3 heteroatoms. The second-order valence-electron chi connectivity index (χ2n) is 16.1. The smallest absolute Gasteiger partial charge is 0.137 e. The van der Waals surface area contributed by atoms with Gasteiger partial charge in [0.1, 0.15) is 11.2 Å². The molecular formula is C58H40N2O. The van der Waals surface area contributed by atoms with E-state index in [1.807, 2.05) is 12.4 Å². The van der Waals surface area contributed by atoms with E-state index in [4.69, 9.17) is 4.42 Å². The Hall–Kier alpha value is -7.75. The maximum Gasteiger partial charge on any atom is 0.137 e. The summed E-state index contributed by atoms with van der Waals surface area (Å²) in [6.07, 6.45) is 12.8. The Kier molecular flexibility index (Phi) is 8.21. The number of nitrogens with zero attached hydrogens (tertiary/aromatic N) is 2. The highest BCUT2D eigenvalue weighted by atomic mass is 16.3. The van der Waals surface area contributed by atoms with Crippen molar-refractivity contribution in [3.63, 3.8) is 0 Å². The predicted molar refractivity (Wildman–Crippen MR) is 253 cm³/mol. The monoisotopic (exact) mass is 780 g/mol. The number of hydrogen-bond acceptors (Lipinski definition) is 3. The van der Waals surface area contributed by atoms with Crippen LogP contribution < -0.4 is 4.90 Å². The van der Waals surface area contributed by atoms with Crippen molar-refractivity contribution in [2.45, 2.75) is 18.3 Å². The van der Waals surface area contributed by atoms with E-state index in [-0.39, 0.29) is 0 Å². The summed E-state index contributed by atoms with van der Waals surface area (Å²) < 4.78 is 6.72. The molecule has 3 nitrogen and oxygen atoms in total. The van der Waals surface area contributed by atoms with E-state index < -0.39 is 5.41 Å². The van der Waals surface area contributed by atoms with E-state index >= 15 is 0 Å². The molecule has 8 aromatic carbocycles. The van der Waals surface area contributed by atoms with Gasteiger partial charge in [0, 0.05) is 51.6 Å². The van der Waals surface area contributed by atoms with Crippen molar-refractivity contribution in [3.8, 4) is 22.3 Å². The van der Waals surface area contributed by atoms with Crippen molar-refractivity contribution in [2.24, 2.45) is 0 Å². The third-order valence-corrected chi connectivity index (χ3v) is 12.8. The van der Waals surface area contributed by atoms with Crippen molar-refractivity contribution in [3.05, 3.63) is 246 Å². The number of allylic oxidation sites excluding steroid dienone is 4. The Morgan fingerprint density at radius 3 is 1.98 bits per heavy atom. The second kappa shape index (κ2) is 14.2. The third kappa shape index (κ3) is 5.55. The van der Waals surface area contributed by atoms with Crippen LogP contribution in [-0.2, 0) is 5.41 Å². The molecule has 0 spiro atoms. The molecule has 0 N–H and O–H groups in total. The third-order valence-electron chi connectivity index (χ3n) is 12.8. The molecule has 0 unspecified atom stereocenters. The van der Waals surface area contributed by atoms with Gasteiger partial charge in [-0.05, 0) is 123 Å². The summed E-state index contributed by atoms with van der Waals surface area (Å²) in [6.45, 7) is 0. The Morgan fingerprint density at radius 2 is 1.23 bits per heavy atom.